The maximum Gasteiger partial charge on any atom is 0.259 e. The molecule has 0 spiro atoms. The third kappa shape index (κ3) is 7.06. The van der Waals surface area contributed by atoms with Crippen LogP contribution >= 0.6 is 15.9 Å². The smallest absolute Gasteiger partial charge is 0.259 e. The number of hydrogen-bond acceptors (Lipinski definition) is 5. The standard InChI is InChI=1S/C21H21BrN2O4/c1-15-2-5-19(6-3-15)27-10-8-26-9-11-28-20-7-4-18(22)13-16(20)12-17(14-23)21(24)25/h2-7,12-13H,8-11H2,1H3,(H2,24,25)/b17-12+. The summed E-state index contributed by atoms with van der Waals surface area (Å²) in [6, 6.07) is 14.9. The van der Waals surface area contributed by atoms with Gasteiger partial charge in [-0.1, -0.05) is 33.6 Å². The van der Waals surface area contributed by atoms with Gasteiger partial charge in [-0.15, -0.1) is 0 Å². The quantitative estimate of drug-likeness (QED) is 0.343. The Morgan fingerprint density at radius 3 is 2.43 bits per heavy atom. The molecule has 146 valence electrons. The Hall–Kier alpha value is -2.82. The number of benzene rings is 2. The number of aryl methyl sites for hydroxylation is 1. The predicted octanol–water partition coefficient (Wildman–Crippen LogP) is 3.62. The molecular weight excluding hydrogens is 424 g/mol. The largest absolute Gasteiger partial charge is 0.491 e. The number of nitriles is 1. The Morgan fingerprint density at radius 1 is 1.11 bits per heavy atom. The summed E-state index contributed by atoms with van der Waals surface area (Å²) >= 11 is 3.36. The first-order valence-electron chi connectivity index (χ1n) is 8.61. The summed E-state index contributed by atoms with van der Waals surface area (Å²) < 4.78 is 17.6. The minimum absolute atomic E-state index is 0.146. The lowest BCUT2D eigenvalue weighted by Crippen LogP contribution is -2.13. The Labute approximate surface area is 172 Å². The highest BCUT2D eigenvalue weighted by Gasteiger charge is 2.08. The van der Waals surface area contributed by atoms with Crippen LogP contribution in [0.1, 0.15) is 11.1 Å². The molecule has 0 bridgehead atoms. The van der Waals surface area contributed by atoms with Crippen LogP contribution in [0.5, 0.6) is 11.5 Å². The highest BCUT2D eigenvalue weighted by Crippen LogP contribution is 2.25. The Morgan fingerprint density at radius 2 is 1.79 bits per heavy atom. The molecule has 0 saturated heterocycles. The second kappa shape index (κ2) is 11.1. The summed E-state index contributed by atoms with van der Waals surface area (Å²) in [5.41, 5.74) is 6.80. The highest BCUT2D eigenvalue weighted by molar-refractivity contribution is 9.10. The van der Waals surface area contributed by atoms with E-state index >= 15 is 0 Å². The number of nitrogens with zero attached hydrogens (tertiary/aromatic N) is 1. The Balaban J connectivity index is 1.79. The first kappa shape index (κ1) is 21.5. The molecule has 0 heterocycles. The number of nitrogens with two attached hydrogens (primary N) is 1. The van der Waals surface area contributed by atoms with Crippen LogP contribution < -0.4 is 15.2 Å². The molecule has 7 heteroatoms. The number of rotatable bonds is 10. The zero-order chi connectivity index (χ0) is 20.4. The second-order valence-corrected chi connectivity index (χ2v) is 6.75. The summed E-state index contributed by atoms with van der Waals surface area (Å²) in [5.74, 6) is 0.543. The van der Waals surface area contributed by atoms with Crippen LogP contribution in [-0.4, -0.2) is 32.3 Å². The zero-order valence-electron chi connectivity index (χ0n) is 15.5. The van der Waals surface area contributed by atoms with Gasteiger partial charge >= 0.3 is 0 Å². The van der Waals surface area contributed by atoms with Crippen LogP contribution in [0.25, 0.3) is 6.08 Å². The van der Waals surface area contributed by atoms with Gasteiger partial charge in [-0.3, -0.25) is 4.79 Å². The van der Waals surface area contributed by atoms with Gasteiger partial charge in [0.15, 0.2) is 0 Å². The molecule has 28 heavy (non-hydrogen) atoms. The molecule has 0 saturated carbocycles. The van der Waals surface area contributed by atoms with Crippen molar-refractivity contribution in [2.45, 2.75) is 6.92 Å². The third-order valence-corrected chi connectivity index (χ3v) is 4.15. The average molecular weight is 445 g/mol. The fourth-order valence-electron chi connectivity index (χ4n) is 2.24. The zero-order valence-corrected chi connectivity index (χ0v) is 17.1. The van der Waals surface area contributed by atoms with E-state index in [-0.39, 0.29) is 5.57 Å². The van der Waals surface area contributed by atoms with E-state index in [0.717, 1.165) is 10.2 Å². The van der Waals surface area contributed by atoms with Crippen molar-refractivity contribution >= 4 is 27.9 Å². The lowest BCUT2D eigenvalue weighted by atomic mass is 10.1. The number of primary amides is 1. The van der Waals surface area contributed by atoms with Gasteiger partial charge in [-0.05, 0) is 43.3 Å². The summed E-state index contributed by atoms with van der Waals surface area (Å²) in [4.78, 5) is 11.3. The Kier molecular flexibility index (Phi) is 8.53. The van der Waals surface area contributed by atoms with Crippen LogP contribution in [0.15, 0.2) is 52.5 Å². The summed E-state index contributed by atoms with van der Waals surface area (Å²) in [5, 5.41) is 9.01. The van der Waals surface area contributed by atoms with E-state index in [4.69, 9.17) is 25.2 Å². The molecule has 0 fully saturated rings. The topological polar surface area (TPSA) is 94.6 Å². The number of carbonyl (C=O) groups is 1. The molecule has 0 unspecified atom stereocenters. The molecule has 1 amide bonds. The maximum atomic E-state index is 11.3. The van der Waals surface area contributed by atoms with Crippen molar-refractivity contribution in [3.8, 4) is 17.6 Å². The van der Waals surface area contributed by atoms with E-state index < -0.39 is 5.91 Å². The lowest BCUT2D eigenvalue weighted by Gasteiger charge is -2.11. The summed E-state index contributed by atoms with van der Waals surface area (Å²) in [6.45, 7) is 3.58. The van der Waals surface area contributed by atoms with E-state index in [0.29, 0.717) is 37.7 Å². The molecule has 6 nitrogen and oxygen atoms in total. The van der Waals surface area contributed by atoms with Crippen molar-refractivity contribution < 1.29 is 19.0 Å². The number of amides is 1. The Bertz CT molecular complexity index is 873. The SMILES string of the molecule is Cc1ccc(OCCOCCOc2ccc(Br)cc2/C=C(\C#N)C(N)=O)cc1. The van der Waals surface area contributed by atoms with E-state index in [2.05, 4.69) is 15.9 Å². The van der Waals surface area contributed by atoms with E-state index in [9.17, 15) is 4.79 Å². The van der Waals surface area contributed by atoms with Gasteiger partial charge in [0.1, 0.15) is 36.4 Å². The van der Waals surface area contributed by atoms with Crippen LogP contribution in [0.3, 0.4) is 0 Å². The number of carbonyl (C=O) groups excluding carboxylic acids is 1. The molecule has 2 aromatic rings. The van der Waals surface area contributed by atoms with Gasteiger partial charge in [0, 0.05) is 10.0 Å². The monoisotopic (exact) mass is 444 g/mol. The minimum Gasteiger partial charge on any atom is -0.491 e. The fourth-order valence-corrected chi connectivity index (χ4v) is 2.62. The van der Waals surface area contributed by atoms with Gasteiger partial charge in [0.25, 0.3) is 5.91 Å². The highest BCUT2D eigenvalue weighted by atomic mass is 79.9. The van der Waals surface area contributed by atoms with Crippen LogP contribution in [-0.2, 0) is 9.53 Å². The molecule has 2 rings (SSSR count). The third-order valence-electron chi connectivity index (χ3n) is 3.66. The molecule has 0 radical (unpaired) electrons. The van der Waals surface area contributed by atoms with Crippen molar-refractivity contribution in [3.05, 3.63) is 63.6 Å². The van der Waals surface area contributed by atoms with E-state index in [1.807, 2.05) is 31.2 Å². The maximum absolute atomic E-state index is 11.3. The van der Waals surface area contributed by atoms with Gasteiger partial charge < -0.3 is 19.9 Å². The number of ether oxygens (including phenoxy) is 3. The molecule has 0 atom stereocenters. The first-order valence-corrected chi connectivity index (χ1v) is 9.40. The average Bonchev–Trinajstić information content (AvgIpc) is 2.67. The minimum atomic E-state index is -0.787. The van der Waals surface area contributed by atoms with Crippen molar-refractivity contribution in [1.29, 1.82) is 5.26 Å². The normalized spacial score (nSPS) is 11.0. The molecule has 0 aromatic heterocycles. The molecule has 0 aliphatic heterocycles. The van der Waals surface area contributed by atoms with E-state index in [1.165, 1.54) is 11.6 Å². The lowest BCUT2D eigenvalue weighted by molar-refractivity contribution is -0.114. The van der Waals surface area contributed by atoms with Gasteiger partial charge in [-0.2, -0.15) is 5.26 Å². The fraction of sp³-hybridized carbons (Fsp3) is 0.238. The van der Waals surface area contributed by atoms with Crippen LogP contribution in [0.4, 0.5) is 0 Å². The molecular formula is C21H21BrN2O4. The van der Waals surface area contributed by atoms with Crippen LogP contribution in [0.2, 0.25) is 0 Å². The van der Waals surface area contributed by atoms with Gasteiger partial charge in [0.05, 0.1) is 13.2 Å². The predicted molar refractivity (Wildman–Crippen MR) is 110 cm³/mol. The van der Waals surface area contributed by atoms with Gasteiger partial charge in [-0.25, -0.2) is 0 Å². The van der Waals surface area contributed by atoms with Gasteiger partial charge in [0.2, 0.25) is 0 Å². The second-order valence-electron chi connectivity index (χ2n) is 5.84. The number of hydrogen-bond donors (Lipinski definition) is 1. The summed E-state index contributed by atoms with van der Waals surface area (Å²) in [6.07, 6.45) is 1.40. The van der Waals surface area contributed by atoms with E-state index in [1.54, 1.807) is 24.3 Å². The summed E-state index contributed by atoms with van der Waals surface area (Å²) in [7, 11) is 0. The van der Waals surface area contributed by atoms with Crippen molar-refractivity contribution in [1.82, 2.24) is 0 Å². The van der Waals surface area contributed by atoms with Crippen molar-refractivity contribution in [3.63, 3.8) is 0 Å². The molecule has 0 aliphatic carbocycles. The van der Waals surface area contributed by atoms with Crippen LogP contribution in [0, 0.1) is 18.3 Å². The molecule has 2 aromatic carbocycles. The molecule has 0 aliphatic rings. The van der Waals surface area contributed by atoms with Crippen molar-refractivity contribution in [2.24, 2.45) is 5.73 Å². The van der Waals surface area contributed by atoms with Crippen molar-refractivity contribution in [2.75, 3.05) is 26.4 Å². The molecule has 2 N–H and O–H groups in total. The first-order chi connectivity index (χ1) is 13.5. The number of halogens is 1.